The third kappa shape index (κ3) is 4.76. The van der Waals surface area contributed by atoms with E-state index in [1.54, 1.807) is 0 Å². The van der Waals surface area contributed by atoms with Gasteiger partial charge in [0.15, 0.2) is 5.82 Å². The number of carbonyl (C=O) groups excluding carboxylic acids is 1. The van der Waals surface area contributed by atoms with Gasteiger partial charge in [-0.2, -0.15) is 18.4 Å². The molecule has 2 N–H and O–H groups in total. The number of nitrogens with zero attached hydrogens (tertiary/aromatic N) is 7. The van der Waals surface area contributed by atoms with Crippen LogP contribution in [0.25, 0.3) is 22.8 Å². The van der Waals surface area contributed by atoms with Gasteiger partial charge in [0.1, 0.15) is 0 Å². The van der Waals surface area contributed by atoms with Gasteiger partial charge in [0.25, 0.3) is 5.91 Å². The van der Waals surface area contributed by atoms with Crippen molar-refractivity contribution in [3.8, 4) is 22.8 Å². The van der Waals surface area contributed by atoms with Crippen molar-refractivity contribution in [3.63, 3.8) is 0 Å². The summed E-state index contributed by atoms with van der Waals surface area (Å²) >= 11 is 0. The number of amides is 1. The zero-order valence-corrected chi connectivity index (χ0v) is 19.2. The molecule has 5 rings (SSSR count). The smallest absolute Gasteiger partial charge is 0.348 e. The zero-order valence-electron chi connectivity index (χ0n) is 19.2. The maximum atomic E-state index is 12.8. The molecule has 0 spiro atoms. The first-order valence-corrected chi connectivity index (χ1v) is 11.3. The molecule has 1 amide bonds. The van der Waals surface area contributed by atoms with E-state index in [-0.39, 0.29) is 11.6 Å². The summed E-state index contributed by atoms with van der Waals surface area (Å²) in [6.07, 6.45) is -2.87. The van der Waals surface area contributed by atoms with Gasteiger partial charge < -0.3 is 10.2 Å². The quantitative estimate of drug-likeness (QED) is 0.435. The molecule has 0 saturated carbocycles. The highest BCUT2D eigenvalue weighted by molar-refractivity contribution is 5.94. The predicted molar refractivity (Wildman–Crippen MR) is 124 cm³/mol. The van der Waals surface area contributed by atoms with Crippen LogP contribution in [0.5, 0.6) is 0 Å². The van der Waals surface area contributed by atoms with Gasteiger partial charge in [-0.05, 0) is 42.3 Å². The largest absolute Gasteiger partial charge is 0.416 e. The molecule has 0 bridgehead atoms. The summed E-state index contributed by atoms with van der Waals surface area (Å²) < 4.78 is 40.3. The van der Waals surface area contributed by atoms with Gasteiger partial charge in [-0.1, -0.05) is 24.3 Å². The van der Waals surface area contributed by atoms with Crippen LogP contribution >= 0.6 is 0 Å². The molecule has 0 radical (unpaired) electrons. The predicted octanol–water partition coefficient (Wildman–Crippen LogP) is 3.08. The molecule has 0 aliphatic carbocycles. The Balaban J connectivity index is 1.26. The van der Waals surface area contributed by atoms with Crippen LogP contribution in [-0.2, 0) is 13.2 Å². The Hall–Kier alpha value is -4.29. The molecule has 10 nitrogen and oxygen atoms in total. The molecule has 2 aromatic heterocycles. The molecule has 1 aliphatic heterocycles. The molecule has 1 atom stereocenters. The molecule has 2 aromatic carbocycles. The second kappa shape index (κ2) is 9.40. The van der Waals surface area contributed by atoms with E-state index in [1.807, 2.05) is 40.8 Å². The van der Waals surface area contributed by atoms with E-state index in [1.165, 1.54) is 12.1 Å². The first kappa shape index (κ1) is 23.5. The molecule has 1 unspecified atom stereocenters. The van der Waals surface area contributed by atoms with Crippen molar-refractivity contribution in [2.75, 3.05) is 18.0 Å². The van der Waals surface area contributed by atoms with Crippen LogP contribution in [-0.4, -0.2) is 60.4 Å². The number of nitrogens with one attached hydrogen (secondary N) is 2. The van der Waals surface area contributed by atoms with E-state index in [2.05, 4.69) is 36.1 Å². The van der Waals surface area contributed by atoms with E-state index >= 15 is 0 Å². The second-order valence-electron chi connectivity index (χ2n) is 8.53. The maximum Gasteiger partial charge on any atom is 0.416 e. The minimum atomic E-state index is -4.44. The Labute approximate surface area is 203 Å². The Morgan fingerprint density at radius 3 is 2.42 bits per heavy atom. The molecule has 186 valence electrons. The lowest BCUT2D eigenvalue weighted by Crippen LogP contribution is -2.48. The average Bonchev–Trinajstić information content (AvgIpc) is 3.54. The number of rotatable bonds is 5. The lowest BCUT2D eigenvalue weighted by atomic mass is 10.0. The number of H-pyrrole nitrogens is 1. The van der Waals surface area contributed by atoms with Gasteiger partial charge >= 0.3 is 6.18 Å². The molecule has 4 aromatic rings. The molecule has 36 heavy (non-hydrogen) atoms. The van der Waals surface area contributed by atoms with Gasteiger partial charge in [0.2, 0.25) is 11.8 Å². The number of aromatic nitrogens is 7. The van der Waals surface area contributed by atoms with E-state index in [0.717, 1.165) is 42.6 Å². The van der Waals surface area contributed by atoms with Crippen LogP contribution in [0.15, 0.2) is 48.5 Å². The molecule has 1 aliphatic rings. The number of halogens is 3. The van der Waals surface area contributed by atoms with Crippen molar-refractivity contribution in [1.29, 1.82) is 0 Å². The molecule has 3 heterocycles. The fourth-order valence-electron chi connectivity index (χ4n) is 4.26. The highest BCUT2D eigenvalue weighted by Gasteiger charge is 2.30. The normalized spacial score (nSPS) is 16.2. The lowest BCUT2D eigenvalue weighted by molar-refractivity contribution is -0.137. The summed E-state index contributed by atoms with van der Waals surface area (Å²) in [4.78, 5) is 14.7. The highest BCUT2D eigenvalue weighted by atomic mass is 19.4. The van der Waals surface area contributed by atoms with E-state index in [0.29, 0.717) is 24.1 Å². The van der Waals surface area contributed by atoms with Crippen LogP contribution in [0, 0.1) is 0 Å². The SMILES string of the molecule is Cn1c(-c2ccc(-c3nn[nH]n3)cc2)nnc1N1CCCC(NC(=O)c2ccc(C(F)(F)F)cc2)C1. The van der Waals surface area contributed by atoms with Gasteiger partial charge in [0, 0.05) is 42.9 Å². The second-order valence-corrected chi connectivity index (χ2v) is 8.53. The maximum absolute atomic E-state index is 12.8. The summed E-state index contributed by atoms with van der Waals surface area (Å²) in [5.41, 5.74) is 1.08. The number of hydrogen-bond acceptors (Lipinski definition) is 7. The molecule has 13 heteroatoms. The van der Waals surface area contributed by atoms with Crippen LogP contribution < -0.4 is 10.2 Å². The minimum absolute atomic E-state index is 0.178. The lowest BCUT2D eigenvalue weighted by Gasteiger charge is -2.33. The van der Waals surface area contributed by atoms with Gasteiger partial charge in [-0.15, -0.1) is 20.4 Å². The molecular formula is C23H22F3N9O. The van der Waals surface area contributed by atoms with E-state index in [4.69, 9.17) is 0 Å². The Morgan fingerprint density at radius 2 is 1.75 bits per heavy atom. The van der Waals surface area contributed by atoms with Gasteiger partial charge in [-0.25, -0.2) is 0 Å². The van der Waals surface area contributed by atoms with Crippen LogP contribution in [0.3, 0.4) is 0 Å². The van der Waals surface area contributed by atoms with E-state index < -0.39 is 17.6 Å². The Morgan fingerprint density at radius 1 is 1.03 bits per heavy atom. The number of alkyl halides is 3. The van der Waals surface area contributed by atoms with Crippen molar-refractivity contribution in [2.24, 2.45) is 7.05 Å². The summed E-state index contributed by atoms with van der Waals surface area (Å²) in [6.45, 7) is 1.25. The average molecular weight is 497 g/mol. The zero-order chi connectivity index (χ0) is 25.3. The third-order valence-corrected chi connectivity index (χ3v) is 6.11. The number of hydrogen-bond donors (Lipinski definition) is 2. The van der Waals surface area contributed by atoms with Crippen molar-refractivity contribution in [2.45, 2.75) is 25.1 Å². The first-order valence-electron chi connectivity index (χ1n) is 11.3. The summed E-state index contributed by atoms with van der Waals surface area (Å²) in [5, 5.41) is 25.6. The van der Waals surface area contributed by atoms with Crippen molar-refractivity contribution < 1.29 is 18.0 Å². The standard InChI is InChI=1S/C23H22F3N9O/c1-34-20(15-6-4-14(5-7-15)19-28-32-33-29-19)30-31-22(34)35-12-2-3-18(13-35)27-21(36)16-8-10-17(11-9-16)23(24,25)26/h4-11,18H,2-3,12-13H2,1H3,(H,27,36)(H,28,29,32,33). The monoisotopic (exact) mass is 497 g/mol. The fourth-order valence-corrected chi connectivity index (χ4v) is 4.26. The van der Waals surface area contributed by atoms with Crippen LogP contribution in [0.4, 0.5) is 19.1 Å². The van der Waals surface area contributed by atoms with Crippen molar-refractivity contribution in [1.82, 2.24) is 40.7 Å². The third-order valence-electron chi connectivity index (χ3n) is 6.11. The molecule has 1 fully saturated rings. The number of tetrazole rings is 1. The molecular weight excluding hydrogens is 475 g/mol. The Bertz CT molecular complexity index is 1330. The Kier molecular flexibility index (Phi) is 6.12. The summed E-state index contributed by atoms with van der Waals surface area (Å²) in [6, 6.07) is 11.6. The molecule has 1 saturated heterocycles. The topological polar surface area (TPSA) is 118 Å². The number of anilines is 1. The van der Waals surface area contributed by atoms with Gasteiger partial charge in [-0.3, -0.25) is 9.36 Å². The van der Waals surface area contributed by atoms with Crippen molar-refractivity contribution >= 4 is 11.9 Å². The summed E-state index contributed by atoms with van der Waals surface area (Å²) in [5.74, 6) is 1.44. The number of benzene rings is 2. The minimum Gasteiger partial charge on any atom is -0.348 e. The highest BCUT2D eigenvalue weighted by Crippen LogP contribution is 2.29. The number of aromatic amines is 1. The van der Waals surface area contributed by atoms with Crippen LogP contribution in [0.2, 0.25) is 0 Å². The summed E-state index contributed by atoms with van der Waals surface area (Å²) in [7, 11) is 1.88. The number of piperidine rings is 1. The van der Waals surface area contributed by atoms with Crippen LogP contribution in [0.1, 0.15) is 28.8 Å². The van der Waals surface area contributed by atoms with Crippen molar-refractivity contribution in [3.05, 3.63) is 59.7 Å². The number of carbonyl (C=O) groups is 1. The van der Waals surface area contributed by atoms with Gasteiger partial charge in [0.05, 0.1) is 5.56 Å². The first-order chi connectivity index (χ1) is 17.3. The fraction of sp³-hybridized carbons (Fsp3) is 0.304. The van der Waals surface area contributed by atoms with E-state index in [9.17, 15) is 18.0 Å².